The molecule has 2 aromatic carbocycles. The topological polar surface area (TPSA) is 93.6 Å². The lowest BCUT2D eigenvalue weighted by Gasteiger charge is -2.52. The van der Waals surface area contributed by atoms with E-state index in [2.05, 4.69) is 10.3 Å². The third-order valence-corrected chi connectivity index (χ3v) is 7.09. The van der Waals surface area contributed by atoms with Gasteiger partial charge in [-0.3, -0.25) is 0 Å². The molecule has 0 atom stereocenters. The number of nitrogens with zero attached hydrogens (tertiary/aromatic N) is 2. The molecule has 1 saturated carbocycles. The van der Waals surface area contributed by atoms with Crippen LogP contribution in [0.25, 0.3) is 33.3 Å². The smallest absolute Gasteiger partial charge is 0.405 e. The molecule has 8 heteroatoms. The van der Waals surface area contributed by atoms with E-state index in [1.165, 1.54) is 0 Å². The Labute approximate surface area is 206 Å². The maximum atomic E-state index is 11.6. The molecule has 35 heavy (non-hydrogen) atoms. The van der Waals surface area contributed by atoms with Crippen molar-refractivity contribution < 1.29 is 19.4 Å². The molecule has 1 saturated heterocycles. The lowest BCUT2D eigenvalue weighted by Crippen LogP contribution is -2.63. The van der Waals surface area contributed by atoms with Crippen molar-refractivity contribution >= 4 is 28.6 Å². The molecule has 6 rings (SSSR count). The van der Waals surface area contributed by atoms with E-state index in [0.29, 0.717) is 31.2 Å². The highest BCUT2D eigenvalue weighted by atomic mass is 35.5. The van der Waals surface area contributed by atoms with Crippen LogP contribution < -0.4 is 5.32 Å². The summed E-state index contributed by atoms with van der Waals surface area (Å²) in [6.45, 7) is 1.05. The number of nitrogens with one attached hydrogen (secondary N) is 1. The maximum absolute atomic E-state index is 11.6. The lowest BCUT2D eigenvalue weighted by atomic mass is 9.67. The van der Waals surface area contributed by atoms with Crippen LogP contribution in [-0.4, -0.2) is 40.2 Å². The standard InChI is InChI=1S/C27H22ClN3O4/c28-24-21-14-20(17-4-2-1-3-5-17)23(30-22(21)10-11-29-24)18-6-8-19(9-7-18)26(31-25(32)33)15-27(16-26)34-12-13-35-27/h1-11,14,31H,12-13,15-16H2,(H,32,33). The number of hydrogen-bond acceptors (Lipinski definition) is 5. The van der Waals surface area contributed by atoms with Crippen molar-refractivity contribution in [2.24, 2.45) is 0 Å². The summed E-state index contributed by atoms with van der Waals surface area (Å²) in [5.41, 5.74) is 4.54. The fraction of sp³-hybridized carbons (Fsp3) is 0.222. The predicted octanol–water partition coefficient (Wildman–Crippen LogP) is 5.62. The summed E-state index contributed by atoms with van der Waals surface area (Å²) in [4.78, 5) is 20.8. The van der Waals surface area contributed by atoms with Crippen LogP contribution >= 0.6 is 11.6 Å². The molecule has 2 N–H and O–H groups in total. The van der Waals surface area contributed by atoms with Crippen molar-refractivity contribution in [1.82, 2.24) is 15.3 Å². The number of amides is 1. The van der Waals surface area contributed by atoms with Crippen molar-refractivity contribution in [3.63, 3.8) is 0 Å². The minimum Gasteiger partial charge on any atom is -0.465 e. The highest BCUT2D eigenvalue weighted by Crippen LogP contribution is 2.53. The Hall–Kier alpha value is -3.52. The quantitative estimate of drug-likeness (QED) is 0.363. The van der Waals surface area contributed by atoms with E-state index in [9.17, 15) is 9.90 Å². The molecule has 1 aliphatic heterocycles. The Morgan fingerprint density at radius 3 is 2.37 bits per heavy atom. The fourth-order valence-corrected chi connectivity index (χ4v) is 5.41. The van der Waals surface area contributed by atoms with Gasteiger partial charge in [0, 0.05) is 35.6 Å². The van der Waals surface area contributed by atoms with Crippen molar-refractivity contribution in [2.45, 2.75) is 24.2 Å². The minimum absolute atomic E-state index is 0.408. The van der Waals surface area contributed by atoms with Gasteiger partial charge in [-0.25, -0.2) is 14.8 Å². The molecule has 7 nitrogen and oxygen atoms in total. The molecule has 1 amide bonds. The number of benzene rings is 2. The van der Waals surface area contributed by atoms with Crippen molar-refractivity contribution in [3.05, 3.63) is 83.6 Å². The first kappa shape index (κ1) is 22.0. The highest BCUT2D eigenvalue weighted by molar-refractivity contribution is 6.34. The van der Waals surface area contributed by atoms with Crippen LogP contribution in [0.2, 0.25) is 5.15 Å². The van der Waals surface area contributed by atoms with Crippen LogP contribution in [0.4, 0.5) is 4.79 Å². The summed E-state index contributed by atoms with van der Waals surface area (Å²) in [7, 11) is 0. The van der Waals surface area contributed by atoms with Crippen molar-refractivity contribution in [2.75, 3.05) is 13.2 Å². The Bertz CT molecular complexity index is 1410. The van der Waals surface area contributed by atoms with Gasteiger partial charge in [0.25, 0.3) is 0 Å². The molecule has 2 fully saturated rings. The van der Waals surface area contributed by atoms with Gasteiger partial charge in [0.15, 0.2) is 5.79 Å². The average molecular weight is 488 g/mol. The van der Waals surface area contributed by atoms with Crippen molar-refractivity contribution in [3.8, 4) is 22.4 Å². The van der Waals surface area contributed by atoms with Gasteiger partial charge in [-0.15, -0.1) is 0 Å². The molecule has 3 heterocycles. The first-order chi connectivity index (χ1) is 17.0. The molecule has 176 valence electrons. The zero-order valence-corrected chi connectivity index (χ0v) is 19.5. The molecule has 1 spiro atoms. The summed E-state index contributed by atoms with van der Waals surface area (Å²) in [6.07, 6.45) is 1.43. The largest absolute Gasteiger partial charge is 0.465 e. The molecular weight excluding hydrogens is 466 g/mol. The summed E-state index contributed by atoms with van der Waals surface area (Å²) in [5.74, 6) is -0.700. The first-order valence-electron chi connectivity index (χ1n) is 11.4. The van der Waals surface area contributed by atoms with Gasteiger partial charge in [0.1, 0.15) is 5.15 Å². The van der Waals surface area contributed by atoms with Crippen LogP contribution in [0.15, 0.2) is 72.9 Å². The van der Waals surface area contributed by atoms with Crippen LogP contribution in [-0.2, 0) is 15.0 Å². The van der Waals surface area contributed by atoms with E-state index in [4.69, 9.17) is 26.1 Å². The highest BCUT2D eigenvalue weighted by Gasteiger charge is 2.60. The van der Waals surface area contributed by atoms with Gasteiger partial charge in [-0.2, -0.15) is 0 Å². The molecule has 2 aromatic heterocycles. The van der Waals surface area contributed by atoms with E-state index < -0.39 is 17.4 Å². The van der Waals surface area contributed by atoms with Crippen LogP contribution in [0, 0.1) is 0 Å². The predicted molar refractivity (Wildman–Crippen MR) is 132 cm³/mol. The Balaban J connectivity index is 1.42. The van der Waals surface area contributed by atoms with Gasteiger partial charge >= 0.3 is 6.09 Å². The van der Waals surface area contributed by atoms with Gasteiger partial charge in [-0.05, 0) is 23.3 Å². The van der Waals surface area contributed by atoms with Crippen LogP contribution in [0.1, 0.15) is 18.4 Å². The summed E-state index contributed by atoms with van der Waals surface area (Å²) < 4.78 is 11.5. The number of rotatable bonds is 4. The molecule has 2 aliphatic rings. The van der Waals surface area contributed by atoms with Crippen LogP contribution in [0.3, 0.4) is 0 Å². The van der Waals surface area contributed by atoms with E-state index in [1.807, 2.05) is 66.7 Å². The second kappa shape index (κ2) is 8.30. The number of carbonyl (C=O) groups is 1. The minimum atomic E-state index is -1.07. The maximum Gasteiger partial charge on any atom is 0.405 e. The monoisotopic (exact) mass is 487 g/mol. The van der Waals surface area contributed by atoms with Crippen molar-refractivity contribution in [1.29, 1.82) is 0 Å². The summed E-state index contributed by atoms with van der Waals surface area (Å²) in [6, 6.07) is 21.7. The van der Waals surface area contributed by atoms with Gasteiger partial charge in [0.2, 0.25) is 0 Å². The van der Waals surface area contributed by atoms with Crippen LogP contribution in [0.5, 0.6) is 0 Å². The number of carboxylic acid groups (broad SMARTS) is 1. The van der Waals surface area contributed by atoms with E-state index in [0.717, 1.165) is 38.9 Å². The van der Waals surface area contributed by atoms with Gasteiger partial charge in [0.05, 0.1) is 30.0 Å². The number of fused-ring (bicyclic) bond motifs is 1. The molecule has 4 aromatic rings. The molecule has 0 radical (unpaired) electrons. The van der Waals surface area contributed by atoms with Gasteiger partial charge in [-0.1, -0.05) is 66.2 Å². The first-order valence-corrected chi connectivity index (χ1v) is 11.8. The van der Waals surface area contributed by atoms with E-state index >= 15 is 0 Å². The molecular formula is C27H22ClN3O4. The Morgan fingerprint density at radius 2 is 1.69 bits per heavy atom. The fourth-order valence-electron chi connectivity index (χ4n) is 5.21. The second-order valence-electron chi connectivity index (χ2n) is 8.97. The average Bonchev–Trinajstić information content (AvgIpc) is 3.33. The normalized spacial score (nSPS) is 17.9. The zero-order valence-electron chi connectivity index (χ0n) is 18.7. The number of hydrogen-bond donors (Lipinski definition) is 2. The van der Waals surface area contributed by atoms with E-state index in [-0.39, 0.29) is 0 Å². The number of ether oxygens (including phenoxy) is 2. The second-order valence-corrected chi connectivity index (χ2v) is 9.33. The Kier molecular flexibility index (Phi) is 5.21. The lowest BCUT2D eigenvalue weighted by molar-refractivity contribution is -0.244. The van der Waals surface area contributed by atoms with Gasteiger partial charge < -0.3 is 19.9 Å². The number of halogens is 1. The molecule has 1 aliphatic carbocycles. The third-order valence-electron chi connectivity index (χ3n) is 6.79. The van der Waals surface area contributed by atoms with E-state index in [1.54, 1.807) is 6.20 Å². The summed E-state index contributed by atoms with van der Waals surface area (Å²) in [5, 5.41) is 13.4. The number of pyridine rings is 2. The zero-order chi connectivity index (χ0) is 24.0. The third kappa shape index (κ3) is 3.82. The SMILES string of the molecule is O=C(O)NC1(c2ccc(-c3nc4ccnc(Cl)c4cc3-c3ccccc3)cc2)CC2(C1)OCCO2. The molecule has 0 unspecified atom stereocenters. The number of aromatic nitrogens is 2. The summed E-state index contributed by atoms with van der Waals surface area (Å²) >= 11 is 6.37. The Morgan fingerprint density at radius 1 is 0.971 bits per heavy atom. The molecule has 0 bridgehead atoms.